The number of nitrogens with zero attached hydrogens (tertiary/aromatic N) is 2. The van der Waals surface area contributed by atoms with Crippen LogP contribution in [0.4, 0.5) is 0 Å². The molecular formula is C13H23N3O3. The zero-order chi connectivity index (χ0) is 14.1. The summed E-state index contributed by atoms with van der Waals surface area (Å²) in [5.41, 5.74) is -0.474. The first-order chi connectivity index (χ1) is 8.95. The predicted octanol–water partition coefficient (Wildman–Crippen LogP) is 1.03. The molecule has 1 saturated carbocycles. The fraction of sp³-hybridized carbons (Fsp3) is 0.846. The molecule has 108 valence electrons. The maximum absolute atomic E-state index is 9.76. The number of aromatic nitrogens is 2. The lowest BCUT2D eigenvalue weighted by molar-refractivity contribution is -0.178. The summed E-state index contributed by atoms with van der Waals surface area (Å²) < 4.78 is 10.6. The van der Waals surface area contributed by atoms with Crippen LogP contribution in [0.3, 0.4) is 0 Å². The molecule has 1 aromatic heterocycles. The summed E-state index contributed by atoms with van der Waals surface area (Å²) in [6.07, 6.45) is 0.963. The number of nitrogens with one attached hydrogen (secondary N) is 1. The maximum Gasteiger partial charge on any atom is 0.223 e. The first-order valence-electron chi connectivity index (χ1n) is 6.72. The highest BCUT2D eigenvalue weighted by atomic mass is 16.5. The molecule has 0 spiro atoms. The van der Waals surface area contributed by atoms with E-state index in [2.05, 4.69) is 29.3 Å². The molecule has 0 radical (unpaired) electrons. The standard InChI is InChI=1S/C13H23N3O3/c1-5-18-10-6-13(8-17,12(10,3)4)14-7-11-15-9(2)19-16-11/h10,14,17H,5-8H2,1-4H3/t10-,13+/m1/s1. The van der Waals surface area contributed by atoms with Crippen LogP contribution in [-0.2, 0) is 11.3 Å². The molecule has 0 amide bonds. The second-order valence-electron chi connectivity index (χ2n) is 5.69. The van der Waals surface area contributed by atoms with E-state index < -0.39 is 0 Å². The Balaban J connectivity index is 2.00. The molecule has 1 aromatic rings. The smallest absolute Gasteiger partial charge is 0.223 e. The average molecular weight is 269 g/mol. The molecule has 1 heterocycles. The molecule has 2 atom stereocenters. The number of aliphatic hydroxyl groups excluding tert-OH is 1. The SMILES string of the molecule is CCO[C@@H]1C[C@@](CO)(NCc2noc(C)n2)C1(C)C. The monoisotopic (exact) mass is 269 g/mol. The van der Waals surface area contributed by atoms with Gasteiger partial charge in [0.15, 0.2) is 5.82 Å². The maximum atomic E-state index is 9.76. The highest BCUT2D eigenvalue weighted by Gasteiger charge is 2.60. The highest BCUT2D eigenvalue weighted by molar-refractivity contribution is 5.15. The molecule has 0 aliphatic heterocycles. The Kier molecular flexibility index (Phi) is 3.94. The van der Waals surface area contributed by atoms with Crippen LogP contribution >= 0.6 is 0 Å². The topological polar surface area (TPSA) is 80.4 Å². The van der Waals surface area contributed by atoms with Gasteiger partial charge in [-0.15, -0.1) is 0 Å². The molecule has 0 unspecified atom stereocenters. The zero-order valence-corrected chi connectivity index (χ0v) is 12.1. The van der Waals surface area contributed by atoms with E-state index in [-0.39, 0.29) is 23.7 Å². The van der Waals surface area contributed by atoms with Crippen LogP contribution < -0.4 is 5.32 Å². The molecule has 6 nitrogen and oxygen atoms in total. The van der Waals surface area contributed by atoms with Gasteiger partial charge >= 0.3 is 0 Å². The summed E-state index contributed by atoms with van der Waals surface area (Å²) >= 11 is 0. The van der Waals surface area contributed by atoms with Crippen LogP contribution in [0.5, 0.6) is 0 Å². The highest BCUT2D eigenvalue weighted by Crippen LogP contribution is 2.51. The van der Waals surface area contributed by atoms with E-state index in [0.717, 1.165) is 6.42 Å². The van der Waals surface area contributed by atoms with Gasteiger partial charge in [-0.25, -0.2) is 0 Å². The lowest BCUT2D eigenvalue weighted by Crippen LogP contribution is -2.73. The van der Waals surface area contributed by atoms with Crippen LogP contribution in [0.25, 0.3) is 0 Å². The van der Waals surface area contributed by atoms with E-state index in [4.69, 9.17) is 9.26 Å². The number of aryl methyl sites for hydroxylation is 1. The van der Waals surface area contributed by atoms with Crippen molar-refractivity contribution in [2.75, 3.05) is 13.2 Å². The van der Waals surface area contributed by atoms with E-state index >= 15 is 0 Å². The van der Waals surface area contributed by atoms with Crippen molar-refractivity contribution in [2.45, 2.75) is 52.3 Å². The van der Waals surface area contributed by atoms with Crippen molar-refractivity contribution in [3.8, 4) is 0 Å². The molecule has 6 heteroatoms. The van der Waals surface area contributed by atoms with Gasteiger partial charge in [0.1, 0.15) is 0 Å². The van der Waals surface area contributed by atoms with Crippen LogP contribution in [0.15, 0.2) is 4.52 Å². The van der Waals surface area contributed by atoms with E-state index in [1.165, 1.54) is 0 Å². The summed E-state index contributed by atoms with van der Waals surface area (Å²) in [5.74, 6) is 1.16. The molecule has 1 aliphatic rings. The Hall–Kier alpha value is -0.980. The Bertz CT molecular complexity index is 433. The van der Waals surface area contributed by atoms with Crippen molar-refractivity contribution >= 4 is 0 Å². The van der Waals surface area contributed by atoms with Crippen molar-refractivity contribution in [2.24, 2.45) is 5.41 Å². The summed E-state index contributed by atoms with van der Waals surface area (Å²) in [7, 11) is 0. The first kappa shape index (κ1) is 14.4. The second-order valence-corrected chi connectivity index (χ2v) is 5.69. The number of hydrogen-bond donors (Lipinski definition) is 2. The Morgan fingerprint density at radius 3 is 2.74 bits per heavy atom. The van der Waals surface area contributed by atoms with Crippen molar-refractivity contribution in [3.63, 3.8) is 0 Å². The Morgan fingerprint density at radius 2 is 2.26 bits per heavy atom. The van der Waals surface area contributed by atoms with Gasteiger partial charge in [-0.3, -0.25) is 0 Å². The van der Waals surface area contributed by atoms with Gasteiger partial charge in [-0.2, -0.15) is 4.98 Å². The lowest BCUT2D eigenvalue weighted by atomic mass is 9.54. The summed E-state index contributed by atoms with van der Waals surface area (Å²) in [6, 6.07) is 0. The van der Waals surface area contributed by atoms with Crippen LogP contribution in [0.2, 0.25) is 0 Å². The minimum atomic E-state index is -0.346. The molecule has 0 aromatic carbocycles. The molecule has 1 fully saturated rings. The van der Waals surface area contributed by atoms with E-state index in [1.807, 2.05) is 6.92 Å². The van der Waals surface area contributed by atoms with Gasteiger partial charge in [0.05, 0.1) is 24.8 Å². The molecule has 0 saturated heterocycles. The number of rotatable bonds is 6. The van der Waals surface area contributed by atoms with E-state index in [0.29, 0.717) is 24.9 Å². The van der Waals surface area contributed by atoms with Crippen LogP contribution in [0, 0.1) is 12.3 Å². The average Bonchev–Trinajstić information content (AvgIpc) is 2.79. The third kappa shape index (κ3) is 2.40. The summed E-state index contributed by atoms with van der Waals surface area (Å²) in [6.45, 7) is 9.23. The fourth-order valence-electron chi connectivity index (χ4n) is 2.77. The molecule has 19 heavy (non-hydrogen) atoms. The number of ether oxygens (including phenoxy) is 1. The van der Waals surface area contributed by atoms with Crippen LogP contribution in [0.1, 0.15) is 38.9 Å². The fourth-order valence-corrected chi connectivity index (χ4v) is 2.77. The van der Waals surface area contributed by atoms with Gasteiger partial charge in [0.25, 0.3) is 0 Å². The normalized spacial score (nSPS) is 29.2. The summed E-state index contributed by atoms with van der Waals surface area (Å²) in [5, 5.41) is 17.0. The van der Waals surface area contributed by atoms with Gasteiger partial charge in [-0.05, 0) is 13.3 Å². The first-order valence-corrected chi connectivity index (χ1v) is 6.72. The lowest BCUT2D eigenvalue weighted by Gasteiger charge is -2.60. The van der Waals surface area contributed by atoms with Crippen molar-refractivity contribution in [3.05, 3.63) is 11.7 Å². The Morgan fingerprint density at radius 1 is 1.53 bits per heavy atom. The molecule has 0 bridgehead atoms. The predicted molar refractivity (Wildman–Crippen MR) is 69.5 cm³/mol. The minimum absolute atomic E-state index is 0.0698. The van der Waals surface area contributed by atoms with Crippen molar-refractivity contribution < 1.29 is 14.4 Å². The minimum Gasteiger partial charge on any atom is -0.394 e. The van der Waals surface area contributed by atoms with Crippen LogP contribution in [-0.4, -0.2) is 40.1 Å². The van der Waals surface area contributed by atoms with E-state index in [1.54, 1.807) is 6.92 Å². The van der Waals surface area contributed by atoms with Crippen molar-refractivity contribution in [1.82, 2.24) is 15.5 Å². The van der Waals surface area contributed by atoms with Gasteiger partial charge < -0.3 is 19.7 Å². The van der Waals surface area contributed by atoms with Crippen molar-refractivity contribution in [1.29, 1.82) is 0 Å². The van der Waals surface area contributed by atoms with Gasteiger partial charge in [-0.1, -0.05) is 19.0 Å². The van der Waals surface area contributed by atoms with Gasteiger partial charge in [0, 0.05) is 18.9 Å². The third-order valence-corrected chi connectivity index (χ3v) is 4.36. The molecule has 1 aliphatic carbocycles. The number of hydrogen-bond acceptors (Lipinski definition) is 6. The second kappa shape index (κ2) is 5.19. The molecular weight excluding hydrogens is 246 g/mol. The quantitative estimate of drug-likeness (QED) is 0.803. The number of aliphatic hydroxyl groups is 1. The molecule has 2 rings (SSSR count). The third-order valence-electron chi connectivity index (χ3n) is 4.36. The largest absolute Gasteiger partial charge is 0.394 e. The van der Waals surface area contributed by atoms with E-state index in [9.17, 15) is 5.11 Å². The Labute approximate surface area is 113 Å². The molecule has 2 N–H and O–H groups in total. The summed E-state index contributed by atoms with van der Waals surface area (Å²) in [4.78, 5) is 4.16. The zero-order valence-electron chi connectivity index (χ0n) is 12.1. The van der Waals surface area contributed by atoms with Gasteiger partial charge in [0.2, 0.25) is 5.89 Å².